The van der Waals surface area contributed by atoms with Crippen LogP contribution in [0.25, 0.3) is 11.1 Å². The van der Waals surface area contributed by atoms with Crippen molar-refractivity contribution in [3.63, 3.8) is 0 Å². The first kappa shape index (κ1) is 13.5. The number of anilines is 1. The van der Waals surface area contributed by atoms with Crippen molar-refractivity contribution < 1.29 is 8.78 Å². The van der Waals surface area contributed by atoms with Crippen LogP contribution >= 0.6 is 0 Å². The average Bonchev–Trinajstić information content (AvgIpc) is 2.39. The van der Waals surface area contributed by atoms with Gasteiger partial charge in [0.1, 0.15) is 0 Å². The molecule has 0 aliphatic heterocycles. The molecule has 0 aliphatic carbocycles. The van der Waals surface area contributed by atoms with Gasteiger partial charge in [0.05, 0.1) is 0 Å². The SMILES string of the molecule is CC(C)C(F)(F)c1cccc(-c2ccc(N)cc2)c1. The third kappa shape index (κ3) is 2.75. The third-order valence-electron chi connectivity index (χ3n) is 3.22. The Kier molecular flexibility index (Phi) is 3.56. The summed E-state index contributed by atoms with van der Waals surface area (Å²) >= 11 is 0. The Bertz CT molecular complexity index is 559. The minimum absolute atomic E-state index is 0.0526. The molecule has 0 unspecified atom stereocenters. The summed E-state index contributed by atoms with van der Waals surface area (Å²) in [5.41, 5.74) is 8.00. The van der Waals surface area contributed by atoms with Gasteiger partial charge in [0.15, 0.2) is 0 Å². The topological polar surface area (TPSA) is 26.0 Å². The number of nitrogens with two attached hydrogens (primary N) is 1. The zero-order valence-corrected chi connectivity index (χ0v) is 11.0. The van der Waals surface area contributed by atoms with E-state index in [1.807, 2.05) is 18.2 Å². The lowest BCUT2D eigenvalue weighted by Crippen LogP contribution is -2.20. The minimum atomic E-state index is -2.82. The van der Waals surface area contributed by atoms with Crippen molar-refractivity contribution in [2.24, 2.45) is 5.92 Å². The van der Waals surface area contributed by atoms with Gasteiger partial charge in [-0.3, -0.25) is 0 Å². The molecule has 3 heteroatoms. The largest absolute Gasteiger partial charge is 0.399 e. The van der Waals surface area contributed by atoms with E-state index in [0.717, 1.165) is 11.1 Å². The van der Waals surface area contributed by atoms with Gasteiger partial charge in [-0.05, 0) is 29.3 Å². The average molecular weight is 261 g/mol. The summed E-state index contributed by atoms with van der Waals surface area (Å²) in [6, 6.07) is 13.7. The summed E-state index contributed by atoms with van der Waals surface area (Å²) in [5.74, 6) is -3.54. The summed E-state index contributed by atoms with van der Waals surface area (Å²) in [4.78, 5) is 0. The molecule has 0 amide bonds. The van der Waals surface area contributed by atoms with Crippen LogP contribution < -0.4 is 5.73 Å². The molecule has 0 aromatic heterocycles. The predicted octanol–water partition coefficient (Wildman–Crippen LogP) is 4.68. The Morgan fingerprint density at radius 1 is 0.947 bits per heavy atom. The number of benzene rings is 2. The fourth-order valence-electron chi connectivity index (χ4n) is 1.91. The van der Waals surface area contributed by atoms with Gasteiger partial charge in [-0.1, -0.05) is 44.2 Å². The molecular weight excluding hydrogens is 244 g/mol. The molecule has 0 saturated carbocycles. The highest BCUT2D eigenvalue weighted by atomic mass is 19.3. The van der Waals surface area contributed by atoms with Gasteiger partial charge in [0.25, 0.3) is 5.92 Å². The summed E-state index contributed by atoms with van der Waals surface area (Å²) in [5, 5.41) is 0. The molecule has 0 atom stereocenters. The van der Waals surface area contributed by atoms with Crippen LogP contribution in [0.2, 0.25) is 0 Å². The zero-order chi connectivity index (χ0) is 14.0. The molecule has 2 N–H and O–H groups in total. The van der Waals surface area contributed by atoms with Gasteiger partial charge in [0.2, 0.25) is 0 Å². The minimum Gasteiger partial charge on any atom is -0.399 e. The number of hydrogen-bond donors (Lipinski definition) is 1. The molecule has 0 aliphatic rings. The molecule has 0 saturated heterocycles. The molecule has 1 nitrogen and oxygen atoms in total. The predicted molar refractivity (Wildman–Crippen MR) is 75.0 cm³/mol. The lowest BCUT2D eigenvalue weighted by molar-refractivity contribution is -0.0513. The smallest absolute Gasteiger partial charge is 0.275 e. The Morgan fingerprint density at radius 2 is 1.58 bits per heavy atom. The van der Waals surface area contributed by atoms with Gasteiger partial charge < -0.3 is 5.73 Å². The molecule has 0 spiro atoms. The van der Waals surface area contributed by atoms with E-state index >= 15 is 0 Å². The first-order valence-electron chi connectivity index (χ1n) is 6.25. The summed E-state index contributed by atoms with van der Waals surface area (Å²) in [6.45, 7) is 3.05. The van der Waals surface area contributed by atoms with Crippen LogP contribution in [0.4, 0.5) is 14.5 Å². The van der Waals surface area contributed by atoms with Crippen molar-refractivity contribution in [1.82, 2.24) is 0 Å². The number of alkyl halides is 2. The highest BCUT2D eigenvalue weighted by molar-refractivity contribution is 5.66. The van der Waals surface area contributed by atoms with Gasteiger partial charge in [-0.25, -0.2) is 8.78 Å². The Labute approximate surface area is 112 Å². The van der Waals surface area contributed by atoms with E-state index < -0.39 is 11.8 Å². The standard InChI is InChI=1S/C16H17F2N/c1-11(2)16(17,18)14-5-3-4-13(10-14)12-6-8-15(19)9-7-12/h3-11H,19H2,1-2H3. The second-order valence-corrected chi connectivity index (χ2v) is 4.98. The van der Waals surface area contributed by atoms with E-state index in [0.29, 0.717) is 5.69 Å². The van der Waals surface area contributed by atoms with Crippen LogP contribution in [0.3, 0.4) is 0 Å². The fourth-order valence-corrected chi connectivity index (χ4v) is 1.91. The van der Waals surface area contributed by atoms with Crippen molar-refractivity contribution in [1.29, 1.82) is 0 Å². The van der Waals surface area contributed by atoms with Crippen LogP contribution in [0, 0.1) is 5.92 Å². The maximum absolute atomic E-state index is 14.0. The van der Waals surface area contributed by atoms with Crippen LogP contribution in [0.15, 0.2) is 48.5 Å². The third-order valence-corrected chi connectivity index (χ3v) is 3.22. The molecular formula is C16H17F2N. The Hall–Kier alpha value is -1.90. The number of halogens is 2. The normalized spacial score (nSPS) is 11.8. The molecule has 19 heavy (non-hydrogen) atoms. The van der Waals surface area contributed by atoms with Crippen LogP contribution in [0.5, 0.6) is 0 Å². The van der Waals surface area contributed by atoms with Gasteiger partial charge >= 0.3 is 0 Å². The molecule has 2 aromatic carbocycles. The Balaban J connectivity index is 2.42. The first-order valence-corrected chi connectivity index (χ1v) is 6.25. The molecule has 2 rings (SSSR count). The maximum atomic E-state index is 14.0. The van der Waals surface area contributed by atoms with Crippen molar-refractivity contribution in [2.75, 3.05) is 5.73 Å². The summed E-state index contributed by atoms with van der Waals surface area (Å²) in [7, 11) is 0. The maximum Gasteiger partial charge on any atom is 0.275 e. The monoisotopic (exact) mass is 261 g/mol. The van der Waals surface area contributed by atoms with E-state index in [4.69, 9.17) is 5.73 Å². The zero-order valence-electron chi connectivity index (χ0n) is 11.0. The van der Waals surface area contributed by atoms with Crippen LogP contribution in [0.1, 0.15) is 19.4 Å². The Morgan fingerprint density at radius 3 is 2.16 bits per heavy atom. The molecule has 2 aromatic rings. The molecule has 0 heterocycles. The first-order chi connectivity index (χ1) is 8.91. The lowest BCUT2D eigenvalue weighted by Gasteiger charge is -2.21. The number of hydrogen-bond acceptors (Lipinski definition) is 1. The van der Waals surface area contributed by atoms with Crippen molar-refractivity contribution in [3.05, 3.63) is 54.1 Å². The quantitative estimate of drug-likeness (QED) is 0.797. The number of nitrogen functional groups attached to an aromatic ring is 1. The molecule has 0 bridgehead atoms. The van der Waals surface area contributed by atoms with E-state index in [2.05, 4.69) is 0 Å². The van der Waals surface area contributed by atoms with Crippen molar-refractivity contribution in [2.45, 2.75) is 19.8 Å². The van der Waals surface area contributed by atoms with E-state index in [1.54, 1.807) is 24.3 Å². The summed E-state index contributed by atoms with van der Waals surface area (Å²) in [6.07, 6.45) is 0. The molecule has 0 radical (unpaired) electrons. The van der Waals surface area contributed by atoms with Crippen molar-refractivity contribution in [3.8, 4) is 11.1 Å². The van der Waals surface area contributed by atoms with Gasteiger partial charge in [-0.2, -0.15) is 0 Å². The van der Waals surface area contributed by atoms with E-state index in [9.17, 15) is 8.78 Å². The van der Waals surface area contributed by atoms with Gasteiger partial charge in [0, 0.05) is 17.2 Å². The fraction of sp³-hybridized carbons (Fsp3) is 0.250. The van der Waals surface area contributed by atoms with Gasteiger partial charge in [-0.15, -0.1) is 0 Å². The van der Waals surface area contributed by atoms with Crippen LogP contribution in [-0.4, -0.2) is 0 Å². The lowest BCUT2D eigenvalue weighted by atomic mass is 9.94. The second-order valence-electron chi connectivity index (χ2n) is 4.98. The summed E-state index contributed by atoms with van der Waals surface area (Å²) < 4.78 is 28.0. The molecule has 100 valence electrons. The van der Waals surface area contributed by atoms with E-state index in [1.165, 1.54) is 19.9 Å². The number of rotatable bonds is 3. The van der Waals surface area contributed by atoms with E-state index in [-0.39, 0.29) is 5.56 Å². The van der Waals surface area contributed by atoms with Crippen LogP contribution in [-0.2, 0) is 5.92 Å². The highest BCUT2D eigenvalue weighted by Gasteiger charge is 2.35. The second kappa shape index (κ2) is 5.00. The molecule has 0 fully saturated rings. The van der Waals surface area contributed by atoms with Crippen molar-refractivity contribution >= 4 is 5.69 Å². The highest BCUT2D eigenvalue weighted by Crippen LogP contribution is 2.37.